The number of carbonyl (C=O) groups is 1. The number of unbranched alkanes of at least 4 members (excludes halogenated alkanes) is 2. The number of aromatic nitrogens is 2. The summed E-state index contributed by atoms with van der Waals surface area (Å²) in [5, 5.41) is 3.40. The van der Waals surface area contributed by atoms with E-state index in [-0.39, 0.29) is 18.1 Å². The van der Waals surface area contributed by atoms with E-state index in [1.54, 1.807) is 32.4 Å². The summed E-state index contributed by atoms with van der Waals surface area (Å²) in [5.41, 5.74) is 3.17. The molecule has 0 aliphatic rings. The molecule has 1 amide bonds. The van der Waals surface area contributed by atoms with Crippen LogP contribution in [0.15, 0.2) is 60.7 Å². The summed E-state index contributed by atoms with van der Waals surface area (Å²) in [6.45, 7) is 0.931. The topological polar surface area (TPSA) is 65.4 Å². The van der Waals surface area contributed by atoms with E-state index in [1.165, 1.54) is 6.07 Å². The highest BCUT2D eigenvalue weighted by atomic mass is 35.5. The van der Waals surface area contributed by atoms with Gasteiger partial charge in [0.1, 0.15) is 11.6 Å². The molecule has 0 saturated heterocycles. The molecule has 0 fully saturated rings. The maximum Gasteiger partial charge on any atom is 0.224 e. The molecule has 0 radical (unpaired) electrons. The Balaban J connectivity index is 1.29. The fourth-order valence-corrected chi connectivity index (χ4v) is 4.61. The molecule has 0 aliphatic heterocycles. The standard InChI is InChI=1S/C29H31ClFN3O3/c1-36-26-15-14-20(17-27(26)37-2)18-29(35)32-16-7-3-4-13-28-33-24-11-5-6-12-25(24)34(28)19-21-22(30)9-8-10-23(21)31/h5-6,8-12,14-15,17H,3-4,7,13,16,18-19H2,1-2H3,(H,32,35). The highest BCUT2D eigenvalue weighted by molar-refractivity contribution is 6.31. The zero-order valence-electron chi connectivity index (χ0n) is 21.1. The predicted molar refractivity (Wildman–Crippen MR) is 144 cm³/mol. The van der Waals surface area contributed by atoms with E-state index in [9.17, 15) is 9.18 Å². The zero-order valence-corrected chi connectivity index (χ0v) is 21.9. The molecule has 0 bridgehead atoms. The van der Waals surface area contributed by atoms with Crippen molar-refractivity contribution in [2.24, 2.45) is 0 Å². The Bertz CT molecular complexity index is 1350. The van der Waals surface area contributed by atoms with Crippen LogP contribution in [0.25, 0.3) is 11.0 Å². The molecule has 8 heteroatoms. The van der Waals surface area contributed by atoms with Crippen molar-refractivity contribution in [1.82, 2.24) is 14.9 Å². The number of para-hydroxylation sites is 2. The lowest BCUT2D eigenvalue weighted by molar-refractivity contribution is -0.120. The Morgan fingerprint density at radius 1 is 1.00 bits per heavy atom. The monoisotopic (exact) mass is 523 g/mol. The van der Waals surface area contributed by atoms with E-state index in [4.69, 9.17) is 26.1 Å². The first-order chi connectivity index (χ1) is 18.0. The molecular formula is C29H31ClFN3O3. The molecule has 0 spiro atoms. The number of carbonyl (C=O) groups excluding carboxylic acids is 1. The lowest BCUT2D eigenvalue weighted by Gasteiger charge is -2.12. The normalized spacial score (nSPS) is 11.0. The molecule has 0 aliphatic carbocycles. The molecule has 194 valence electrons. The van der Waals surface area contributed by atoms with Crippen LogP contribution in [0.5, 0.6) is 11.5 Å². The second kappa shape index (κ2) is 12.6. The molecule has 3 aromatic carbocycles. The maximum atomic E-state index is 14.5. The number of imidazole rings is 1. The molecule has 4 rings (SSSR count). The molecule has 6 nitrogen and oxygen atoms in total. The van der Waals surface area contributed by atoms with E-state index >= 15 is 0 Å². The van der Waals surface area contributed by atoms with E-state index in [0.717, 1.165) is 48.1 Å². The highest BCUT2D eigenvalue weighted by Crippen LogP contribution is 2.28. The molecule has 37 heavy (non-hydrogen) atoms. The van der Waals surface area contributed by atoms with Gasteiger partial charge in [-0.3, -0.25) is 4.79 Å². The third-order valence-corrected chi connectivity index (χ3v) is 6.68. The molecule has 1 heterocycles. The van der Waals surface area contributed by atoms with Crippen LogP contribution in [0.1, 0.15) is 36.2 Å². The Kier molecular flexibility index (Phi) is 9.01. The Labute approximate surface area is 221 Å². The number of methoxy groups -OCH3 is 2. The number of hydrogen-bond donors (Lipinski definition) is 1. The van der Waals surface area contributed by atoms with Gasteiger partial charge < -0.3 is 19.4 Å². The van der Waals surface area contributed by atoms with Crippen molar-refractivity contribution in [2.75, 3.05) is 20.8 Å². The maximum absolute atomic E-state index is 14.5. The number of fused-ring (bicyclic) bond motifs is 1. The second-order valence-corrected chi connectivity index (χ2v) is 9.24. The van der Waals surface area contributed by atoms with Crippen LogP contribution in [-0.4, -0.2) is 36.2 Å². The average molecular weight is 524 g/mol. The third-order valence-electron chi connectivity index (χ3n) is 6.32. The summed E-state index contributed by atoms with van der Waals surface area (Å²) < 4.78 is 27.1. The van der Waals surface area contributed by atoms with Crippen LogP contribution in [0, 0.1) is 5.82 Å². The van der Waals surface area contributed by atoms with E-state index in [0.29, 0.717) is 35.2 Å². The van der Waals surface area contributed by atoms with Gasteiger partial charge >= 0.3 is 0 Å². The SMILES string of the molecule is COc1ccc(CC(=O)NCCCCCc2nc3ccccc3n2Cc2c(F)cccc2Cl)cc1OC. The number of benzene rings is 3. The first-order valence-electron chi connectivity index (χ1n) is 12.3. The summed E-state index contributed by atoms with van der Waals surface area (Å²) in [5.74, 6) is 1.79. The number of rotatable bonds is 12. The summed E-state index contributed by atoms with van der Waals surface area (Å²) in [7, 11) is 3.16. The van der Waals surface area contributed by atoms with Gasteiger partial charge in [0.2, 0.25) is 5.91 Å². The summed E-state index contributed by atoms with van der Waals surface area (Å²) in [6, 6.07) is 18.1. The Hall–Kier alpha value is -3.58. The fourth-order valence-electron chi connectivity index (χ4n) is 4.39. The first kappa shape index (κ1) is 26.5. The van der Waals surface area contributed by atoms with E-state index in [1.807, 2.05) is 41.0 Å². The van der Waals surface area contributed by atoms with Crippen molar-refractivity contribution in [1.29, 1.82) is 0 Å². The minimum Gasteiger partial charge on any atom is -0.493 e. The molecule has 0 unspecified atom stereocenters. The van der Waals surface area contributed by atoms with Gasteiger partial charge in [-0.15, -0.1) is 0 Å². The van der Waals surface area contributed by atoms with Crippen molar-refractivity contribution in [2.45, 2.75) is 38.6 Å². The molecule has 1 aromatic heterocycles. The number of aryl methyl sites for hydroxylation is 1. The Morgan fingerprint density at radius 3 is 2.59 bits per heavy atom. The van der Waals surface area contributed by atoms with Crippen molar-refractivity contribution < 1.29 is 18.7 Å². The molecular weight excluding hydrogens is 493 g/mol. The van der Waals surface area contributed by atoms with Gasteiger partial charge in [-0.1, -0.05) is 42.3 Å². The van der Waals surface area contributed by atoms with Crippen LogP contribution in [0.4, 0.5) is 4.39 Å². The van der Waals surface area contributed by atoms with Crippen LogP contribution in [-0.2, 0) is 24.2 Å². The minimum atomic E-state index is -0.319. The number of nitrogens with zero attached hydrogens (tertiary/aromatic N) is 2. The van der Waals surface area contributed by atoms with Gasteiger partial charge in [-0.25, -0.2) is 9.37 Å². The van der Waals surface area contributed by atoms with Crippen molar-refractivity contribution in [3.63, 3.8) is 0 Å². The average Bonchev–Trinajstić information content (AvgIpc) is 3.25. The molecule has 4 aromatic rings. The van der Waals surface area contributed by atoms with Crippen molar-refractivity contribution >= 4 is 28.5 Å². The fraction of sp³-hybridized carbons (Fsp3) is 0.310. The van der Waals surface area contributed by atoms with Crippen LogP contribution < -0.4 is 14.8 Å². The number of amides is 1. The van der Waals surface area contributed by atoms with Crippen LogP contribution in [0.3, 0.4) is 0 Å². The van der Waals surface area contributed by atoms with Gasteiger partial charge in [0.15, 0.2) is 11.5 Å². The number of nitrogens with one attached hydrogen (secondary N) is 1. The second-order valence-electron chi connectivity index (χ2n) is 8.83. The summed E-state index contributed by atoms with van der Waals surface area (Å²) in [4.78, 5) is 17.2. The highest BCUT2D eigenvalue weighted by Gasteiger charge is 2.15. The van der Waals surface area contributed by atoms with Crippen LogP contribution in [0.2, 0.25) is 5.02 Å². The minimum absolute atomic E-state index is 0.0317. The van der Waals surface area contributed by atoms with Gasteiger partial charge in [-0.2, -0.15) is 0 Å². The zero-order chi connectivity index (χ0) is 26.2. The molecule has 1 N–H and O–H groups in total. The van der Waals surface area contributed by atoms with Gasteiger partial charge in [-0.05, 0) is 54.8 Å². The van der Waals surface area contributed by atoms with Crippen LogP contribution >= 0.6 is 11.6 Å². The van der Waals surface area contributed by atoms with Gasteiger partial charge in [0.25, 0.3) is 0 Å². The molecule has 0 saturated carbocycles. The Morgan fingerprint density at radius 2 is 1.81 bits per heavy atom. The molecule has 0 atom stereocenters. The van der Waals surface area contributed by atoms with Crippen molar-refractivity contribution in [3.8, 4) is 11.5 Å². The lowest BCUT2D eigenvalue weighted by Crippen LogP contribution is -2.26. The first-order valence-corrected chi connectivity index (χ1v) is 12.7. The smallest absolute Gasteiger partial charge is 0.224 e. The van der Waals surface area contributed by atoms with Gasteiger partial charge in [0.05, 0.1) is 38.2 Å². The number of ether oxygens (including phenoxy) is 2. The number of hydrogen-bond acceptors (Lipinski definition) is 4. The van der Waals surface area contributed by atoms with Crippen molar-refractivity contribution in [3.05, 3.63) is 88.5 Å². The van der Waals surface area contributed by atoms with Gasteiger partial charge in [0, 0.05) is 23.6 Å². The van der Waals surface area contributed by atoms with E-state index < -0.39 is 0 Å². The predicted octanol–water partition coefficient (Wildman–Crippen LogP) is 5.97. The summed E-state index contributed by atoms with van der Waals surface area (Å²) >= 11 is 6.30. The summed E-state index contributed by atoms with van der Waals surface area (Å²) in [6.07, 6.45) is 3.72. The lowest BCUT2D eigenvalue weighted by atomic mass is 10.1. The largest absolute Gasteiger partial charge is 0.493 e. The third kappa shape index (κ3) is 6.60. The quantitative estimate of drug-likeness (QED) is 0.232. The number of halogens is 2. The van der Waals surface area contributed by atoms with E-state index in [2.05, 4.69) is 5.32 Å².